The minimum atomic E-state index is -1.09. The van der Waals surface area contributed by atoms with Crippen LogP contribution in [-0.4, -0.2) is 29.1 Å². The van der Waals surface area contributed by atoms with Crippen LogP contribution in [0.2, 0.25) is 0 Å². The summed E-state index contributed by atoms with van der Waals surface area (Å²) < 4.78 is 0. The van der Waals surface area contributed by atoms with Gasteiger partial charge in [-0.15, -0.1) is 0 Å². The second kappa shape index (κ2) is 6.25. The Hall–Kier alpha value is -2.57. The third kappa shape index (κ3) is 4.79. The number of nitrogens with one attached hydrogen (secondary N) is 2. The highest BCUT2D eigenvalue weighted by Crippen LogP contribution is 2.20. The standard InChI is InChI=1S/C14H19N3O4/c1-14(2,3)10(12(19)20)17-11(18)8-4-6-9(7-5-8)16-13(15)21/h4-7,10H,1-3H3,(H,17,18)(H,19,20)(H3,15,16,21)/t10-/m1/s1. The van der Waals surface area contributed by atoms with E-state index in [-0.39, 0.29) is 0 Å². The number of carbonyl (C=O) groups is 3. The molecule has 7 heteroatoms. The van der Waals surface area contributed by atoms with Crippen LogP contribution in [0.1, 0.15) is 31.1 Å². The van der Waals surface area contributed by atoms with Gasteiger partial charge in [-0.05, 0) is 29.7 Å². The van der Waals surface area contributed by atoms with Crippen LogP contribution in [0, 0.1) is 5.41 Å². The second-order valence-corrected chi connectivity index (χ2v) is 5.68. The third-order valence-corrected chi connectivity index (χ3v) is 2.80. The van der Waals surface area contributed by atoms with Gasteiger partial charge >= 0.3 is 12.0 Å². The monoisotopic (exact) mass is 293 g/mol. The number of amides is 3. The molecule has 1 aromatic rings. The first-order chi connectivity index (χ1) is 9.61. The fraction of sp³-hybridized carbons (Fsp3) is 0.357. The van der Waals surface area contributed by atoms with Gasteiger partial charge in [0.2, 0.25) is 0 Å². The van der Waals surface area contributed by atoms with Crippen molar-refractivity contribution in [2.45, 2.75) is 26.8 Å². The van der Waals surface area contributed by atoms with Crippen LogP contribution >= 0.6 is 0 Å². The summed E-state index contributed by atoms with van der Waals surface area (Å²) in [7, 11) is 0. The zero-order valence-corrected chi connectivity index (χ0v) is 12.1. The largest absolute Gasteiger partial charge is 0.480 e. The number of benzene rings is 1. The van der Waals surface area contributed by atoms with Crippen molar-refractivity contribution in [3.8, 4) is 0 Å². The summed E-state index contributed by atoms with van der Waals surface area (Å²) in [4.78, 5) is 34.0. The van der Waals surface area contributed by atoms with Crippen molar-refractivity contribution in [2.24, 2.45) is 11.1 Å². The predicted molar refractivity (Wildman–Crippen MR) is 78.0 cm³/mol. The van der Waals surface area contributed by atoms with Crippen LogP contribution in [-0.2, 0) is 4.79 Å². The minimum Gasteiger partial charge on any atom is -0.480 e. The van der Waals surface area contributed by atoms with E-state index in [2.05, 4.69) is 10.6 Å². The molecule has 0 heterocycles. The van der Waals surface area contributed by atoms with Gasteiger partial charge in [0, 0.05) is 11.3 Å². The Morgan fingerprint density at radius 3 is 2.05 bits per heavy atom. The van der Waals surface area contributed by atoms with Crippen molar-refractivity contribution in [1.82, 2.24) is 5.32 Å². The number of aliphatic carboxylic acids is 1. The van der Waals surface area contributed by atoms with E-state index in [0.717, 1.165) is 0 Å². The minimum absolute atomic E-state index is 0.292. The molecule has 1 aromatic carbocycles. The topological polar surface area (TPSA) is 122 Å². The first kappa shape index (κ1) is 16.5. The van der Waals surface area contributed by atoms with Crippen molar-refractivity contribution < 1.29 is 19.5 Å². The highest BCUT2D eigenvalue weighted by molar-refractivity contribution is 5.97. The molecule has 0 unspecified atom stereocenters. The Morgan fingerprint density at radius 2 is 1.67 bits per heavy atom. The first-order valence-corrected chi connectivity index (χ1v) is 6.31. The van der Waals surface area contributed by atoms with E-state index in [0.29, 0.717) is 11.3 Å². The molecule has 0 bridgehead atoms. The maximum Gasteiger partial charge on any atom is 0.326 e. The molecule has 0 radical (unpaired) electrons. The van der Waals surface area contributed by atoms with E-state index in [4.69, 9.17) is 5.73 Å². The summed E-state index contributed by atoms with van der Waals surface area (Å²) in [6.07, 6.45) is 0. The molecule has 0 saturated carbocycles. The number of hydrogen-bond donors (Lipinski definition) is 4. The molecular weight excluding hydrogens is 274 g/mol. The Balaban J connectivity index is 2.84. The van der Waals surface area contributed by atoms with Crippen molar-refractivity contribution in [3.63, 3.8) is 0 Å². The Morgan fingerprint density at radius 1 is 1.14 bits per heavy atom. The zero-order valence-electron chi connectivity index (χ0n) is 12.1. The van der Waals surface area contributed by atoms with Gasteiger partial charge in [-0.25, -0.2) is 9.59 Å². The van der Waals surface area contributed by atoms with E-state index in [1.54, 1.807) is 20.8 Å². The zero-order chi connectivity index (χ0) is 16.2. The molecule has 21 heavy (non-hydrogen) atoms. The van der Waals surface area contributed by atoms with Gasteiger partial charge in [0.15, 0.2) is 0 Å². The lowest BCUT2D eigenvalue weighted by atomic mass is 9.86. The number of primary amides is 1. The Kier molecular flexibility index (Phi) is 4.91. The molecular formula is C14H19N3O4. The summed E-state index contributed by atoms with van der Waals surface area (Å²) in [6, 6.07) is 4.25. The number of anilines is 1. The van der Waals surface area contributed by atoms with Crippen LogP contribution in [0.5, 0.6) is 0 Å². The molecule has 0 spiro atoms. The van der Waals surface area contributed by atoms with Crippen LogP contribution in [0.25, 0.3) is 0 Å². The number of carboxylic acids is 1. The molecule has 1 atom stereocenters. The highest BCUT2D eigenvalue weighted by Gasteiger charge is 2.32. The lowest BCUT2D eigenvalue weighted by Gasteiger charge is -2.27. The van der Waals surface area contributed by atoms with Crippen molar-refractivity contribution >= 4 is 23.6 Å². The molecule has 3 amide bonds. The first-order valence-electron chi connectivity index (χ1n) is 6.31. The average molecular weight is 293 g/mol. The number of carbonyl (C=O) groups excluding carboxylic acids is 2. The summed E-state index contributed by atoms with van der Waals surface area (Å²) in [6.45, 7) is 5.18. The van der Waals surface area contributed by atoms with Gasteiger partial charge in [-0.1, -0.05) is 20.8 Å². The molecule has 0 fully saturated rings. The van der Waals surface area contributed by atoms with Crippen LogP contribution in [0.4, 0.5) is 10.5 Å². The van der Waals surface area contributed by atoms with Crippen molar-refractivity contribution in [3.05, 3.63) is 29.8 Å². The lowest BCUT2D eigenvalue weighted by molar-refractivity contribution is -0.142. The summed E-state index contributed by atoms with van der Waals surface area (Å²) in [5.41, 5.74) is 5.10. The van der Waals surface area contributed by atoms with E-state index < -0.39 is 29.4 Å². The second-order valence-electron chi connectivity index (χ2n) is 5.68. The van der Waals surface area contributed by atoms with Gasteiger partial charge in [-0.3, -0.25) is 4.79 Å². The fourth-order valence-corrected chi connectivity index (χ4v) is 1.71. The number of carboxylic acid groups (broad SMARTS) is 1. The summed E-state index contributed by atoms with van der Waals surface area (Å²) in [5.74, 6) is -1.59. The molecule has 0 aliphatic carbocycles. The molecule has 0 aliphatic heterocycles. The maximum absolute atomic E-state index is 12.1. The number of rotatable bonds is 4. The van der Waals surface area contributed by atoms with Gasteiger partial charge < -0.3 is 21.5 Å². The van der Waals surface area contributed by atoms with Crippen molar-refractivity contribution in [2.75, 3.05) is 5.32 Å². The smallest absolute Gasteiger partial charge is 0.326 e. The summed E-state index contributed by atoms with van der Waals surface area (Å²) >= 11 is 0. The number of urea groups is 1. The van der Waals surface area contributed by atoms with E-state index in [1.807, 2.05) is 0 Å². The number of hydrogen-bond acceptors (Lipinski definition) is 3. The highest BCUT2D eigenvalue weighted by atomic mass is 16.4. The molecule has 1 rings (SSSR count). The molecule has 0 aromatic heterocycles. The maximum atomic E-state index is 12.1. The van der Waals surface area contributed by atoms with Gasteiger partial charge in [0.25, 0.3) is 5.91 Å². The fourth-order valence-electron chi connectivity index (χ4n) is 1.71. The van der Waals surface area contributed by atoms with Crippen LogP contribution < -0.4 is 16.4 Å². The van der Waals surface area contributed by atoms with Crippen LogP contribution in [0.3, 0.4) is 0 Å². The lowest BCUT2D eigenvalue weighted by Crippen LogP contribution is -2.49. The van der Waals surface area contributed by atoms with E-state index in [9.17, 15) is 19.5 Å². The SMILES string of the molecule is CC(C)(C)[C@H](NC(=O)c1ccc(NC(N)=O)cc1)C(=O)O. The van der Waals surface area contributed by atoms with Crippen LogP contribution in [0.15, 0.2) is 24.3 Å². The third-order valence-electron chi connectivity index (χ3n) is 2.80. The van der Waals surface area contributed by atoms with Gasteiger partial charge in [-0.2, -0.15) is 0 Å². The average Bonchev–Trinajstić information content (AvgIpc) is 2.34. The quantitative estimate of drug-likeness (QED) is 0.670. The molecule has 7 nitrogen and oxygen atoms in total. The molecule has 5 N–H and O–H groups in total. The Bertz CT molecular complexity index is 546. The van der Waals surface area contributed by atoms with E-state index >= 15 is 0 Å². The van der Waals surface area contributed by atoms with E-state index in [1.165, 1.54) is 24.3 Å². The molecule has 114 valence electrons. The normalized spacial score (nSPS) is 12.3. The van der Waals surface area contributed by atoms with Crippen molar-refractivity contribution in [1.29, 1.82) is 0 Å². The summed E-state index contributed by atoms with van der Waals surface area (Å²) in [5, 5.41) is 14.0. The van der Waals surface area contributed by atoms with Gasteiger partial charge in [0.1, 0.15) is 6.04 Å². The molecule has 0 saturated heterocycles. The predicted octanol–water partition coefficient (Wildman–Crippen LogP) is 1.41. The Labute approximate surface area is 122 Å². The molecule has 0 aliphatic rings. The number of nitrogens with two attached hydrogens (primary N) is 1. The van der Waals surface area contributed by atoms with Gasteiger partial charge in [0.05, 0.1) is 0 Å².